The van der Waals surface area contributed by atoms with Crippen molar-refractivity contribution in [1.29, 1.82) is 0 Å². The van der Waals surface area contributed by atoms with Crippen LogP contribution in [0.25, 0.3) is 43.1 Å². The summed E-state index contributed by atoms with van der Waals surface area (Å²) in [4.78, 5) is 0. The van der Waals surface area contributed by atoms with Gasteiger partial charge in [0, 0.05) is 35.8 Å². The Labute approximate surface area is 193 Å². The van der Waals surface area contributed by atoms with Crippen molar-refractivity contribution < 1.29 is 0 Å². The molecule has 0 saturated heterocycles. The molecule has 0 aromatic heterocycles. The fourth-order valence-electron chi connectivity index (χ4n) is 3.71. The highest BCUT2D eigenvalue weighted by Crippen LogP contribution is 2.46. The highest BCUT2D eigenvalue weighted by molar-refractivity contribution is 14.1. The number of fused-ring (bicyclic) bond motifs is 2. The van der Waals surface area contributed by atoms with Gasteiger partial charge in [0.25, 0.3) is 0 Å². The van der Waals surface area contributed by atoms with E-state index >= 15 is 0 Å². The minimum atomic E-state index is 1.33. The number of rotatable bonds is 0. The van der Waals surface area contributed by atoms with Crippen LogP contribution in [-0.2, 0) is 0 Å². The van der Waals surface area contributed by atoms with Gasteiger partial charge in [0.05, 0.1) is 0 Å². The molecule has 0 aliphatic heterocycles. The SMILES string of the molecule is Ic1ccc2ccc(I)c3c4c(I)ccc5ccc(I)c(c1c23)c54. The Morgan fingerprint density at radius 1 is 0.333 bits per heavy atom. The Kier molecular flexibility index (Phi) is 4.06. The zero-order valence-electron chi connectivity index (χ0n) is 12.1. The summed E-state index contributed by atoms with van der Waals surface area (Å²) in [7, 11) is 0. The van der Waals surface area contributed by atoms with Crippen molar-refractivity contribution in [1.82, 2.24) is 0 Å². The maximum atomic E-state index is 2.50. The molecule has 0 radical (unpaired) electrons. The molecule has 0 bridgehead atoms. The van der Waals surface area contributed by atoms with Crippen LogP contribution in [-0.4, -0.2) is 0 Å². The summed E-state index contributed by atoms with van der Waals surface area (Å²) in [6.07, 6.45) is 0. The zero-order chi connectivity index (χ0) is 16.6. The quantitative estimate of drug-likeness (QED) is 0.0851. The molecule has 0 amide bonds. The van der Waals surface area contributed by atoms with Gasteiger partial charge in [-0.05, 0) is 136 Å². The number of benzene rings is 5. The van der Waals surface area contributed by atoms with Crippen LogP contribution in [0.1, 0.15) is 0 Å². The molecule has 0 nitrogen and oxygen atoms in total. The van der Waals surface area contributed by atoms with Crippen LogP contribution in [0, 0.1) is 14.3 Å². The van der Waals surface area contributed by atoms with Crippen molar-refractivity contribution in [3.05, 3.63) is 62.8 Å². The third kappa shape index (κ3) is 2.17. The third-order valence-electron chi connectivity index (χ3n) is 4.67. The predicted molar refractivity (Wildman–Crippen MR) is 139 cm³/mol. The molecule has 0 spiro atoms. The summed E-state index contributed by atoms with van der Waals surface area (Å²) in [6, 6.07) is 18.0. The predicted octanol–water partition coefficient (Wildman–Crippen LogP) is 8.16. The van der Waals surface area contributed by atoms with Crippen LogP contribution < -0.4 is 0 Å². The first-order valence-electron chi connectivity index (χ1n) is 7.40. The molecule has 24 heavy (non-hydrogen) atoms. The molecule has 0 aliphatic carbocycles. The van der Waals surface area contributed by atoms with Gasteiger partial charge in [-0.15, -0.1) is 0 Å². The van der Waals surface area contributed by atoms with Crippen molar-refractivity contribution in [2.75, 3.05) is 0 Å². The molecule has 0 N–H and O–H groups in total. The molecular weight excluding hydrogens is 748 g/mol. The number of hydrogen-bond acceptors (Lipinski definition) is 0. The van der Waals surface area contributed by atoms with Crippen molar-refractivity contribution in [3.63, 3.8) is 0 Å². The van der Waals surface area contributed by atoms with Gasteiger partial charge < -0.3 is 0 Å². The van der Waals surface area contributed by atoms with Crippen molar-refractivity contribution >= 4 is 133 Å². The Balaban J connectivity index is 2.36. The second-order valence-corrected chi connectivity index (χ2v) is 10.5. The fourth-order valence-corrected chi connectivity index (χ4v) is 6.59. The normalized spacial score (nSPS) is 12.2. The van der Waals surface area contributed by atoms with Crippen LogP contribution in [0.4, 0.5) is 0 Å². The second kappa shape index (κ2) is 5.91. The van der Waals surface area contributed by atoms with Gasteiger partial charge >= 0.3 is 0 Å². The largest absolute Gasteiger partial charge is 0.0533 e. The van der Waals surface area contributed by atoms with E-state index in [0.717, 1.165) is 0 Å². The lowest BCUT2D eigenvalue weighted by Gasteiger charge is -2.18. The van der Waals surface area contributed by atoms with Gasteiger partial charge in [0.1, 0.15) is 0 Å². The topological polar surface area (TPSA) is 0 Å². The molecule has 0 aliphatic rings. The van der Waals surface area contributed by atoms with Crippen LogP contribution in [0.3, 0.4) is 0 Å². The average Bonchev–Trinajstić information content (AvgIpc) is 2.58. The maximum absolute atomic E-state index is 2.50. The van der Waals surface area contributed by atoms with Crippen LogP contribution in [0.15, 0.2) is 48.5 Å². The standard InChI is InChI=1S/C20H8I4/c21-11-5-1-9-2-6-12(22)18-15(9)17(11)19-13(23)7-3-10-4-8-14(24)20(18)16(10)19/h1-8H. The van der Waals surface area contributed by atoms with E-state index in [1.165, 1.54) is 57.4 Å². The van der Waals surface area contributed by atoms with Crippen molar-refractivity contribution in [3.8, 4) is 0 Å². The van der Waals surface area contributed by atoms with E-state index in [-0.39, 0.29) is 0 Å². The minimum absolute atomic E-state index is 1.33. The summed E-state index contributed by atoms with van der Waals surface area (Å²) in [5.41, 5.74) is 0. The Bertz CT molecular complexity index is 1090. The third-order valence-corrected chi connectivity index (χ3v) is 8.27. The molecular formula is C20H8I4. The lowest BCUT2D eigenvalue weighted by atomic mass is 9.90. The maximum Gasteiger partial charge on any atom is 0.0216 e. The zero-order valence-corrected chi connectivity index (χ0v) is 20.8. The first-order valence-corrected chi connectivity index (χ1v) is 11.7. The Hall–Kier alpha value is 0.320. The summed E-state index contributed by atoms with van der Waals surface area (Å²) in [5, 5.41) is 11.1. The second-order valence-electron chi connectivity index (χ2n) is 5.89. The minimum Gasteiger partial charge on any atom is -0.0533 e. The van der Waals surface area contributed by atoms with Gasteiger partial charge in [-0.1, -0.05) is 24.3 Å². The molecule has 0 unspecified atom stereocenters. The van der Waals surface area contributed by atoms with E-state index in [9.17, 15) is 0 Å². The van der Waals surface area contributed by atoms with Gasteiger partial charge in [-0.2, -0.15) is 0 Å². The van der Waals surface area contributed by atoms with E-state index in [0.29, 0.717) is 0 Å². The van der Waals surface area contributed by atoms with Crippen LogP contribution in [0.2, 0.25) is 0 Å². The molecule has 5 rings (SSSR count). The first kappa shape index (κ1) is 16.5. The smallest absolute Gasteiger partial charge is 0.0216 e. The summed E-state index contributed by atoms with van der Waals surface area (Å²) in [5.74, 6) is 0. The van der Waals surface area contributed by atoms with Gasteiger partial charge in [0.2, 0.25) is 0 Å². The Morgan fingerprint density at radius 2 is 0.583 bits per heavy atom. The first-order chi connectivity index (χ1) is 11.6. The molecule has 5 aromatic rings. The summed E-state index contributed by atoms with van der Waals surface area (Å²) in [6.45, 7) is 0. The monoisotopic (exact) mass is 756 g/mol. The molecule has 116 valence electrons. The molecule has 0 atom stereocenters. The van der Waals surface area contributed by atoms with Gasteiger partial charge in [0.15, 0.2) is 0 Å². The highest BCUT2D eigenvalue weighted by Gasteiger charge is 2.19. The van der Waals surface area contributed by atoms with Crippen LogP contribution in [0.5, 0.6) is 0 Å². The lowest BCUT2D eigenvalue weighted by Crippen LogP contribution is -1.94. The Morgan fingerprint density at radius 3 is 0.833 bits per heavy atom. The molecule has 4 heteroatoms. The summed E-state index contributed by atoms with van der Waals surface area (Å²) >= 11 is 9.99. The van der Waals surface area contributed by atoms with Crippen LogP contribution >= 0.6 is 90.4 Å². The van der Waals surface area contributed by atoms with E-state index in [2.05, 4.69) is 139 Å². The number of halogens is 4. The van der Waals surface area contributed by atoms with E-state index in [1.807, 2.05) is 0 Å². The molecule has 0 fully saturated rings. The van der Waals surface area contributed by atoms with Gasteiger partial charge in [-0.25, -0.2) is 0 Å². The highest BCUT2D eigenvalue weighted by atomic mass is 127. The summed E-state index contributed by atoms with van der Waals surface area (Å²) < 4.78 is 5.33. The van der Waals surface area contributed by atoms with Crippen molar-refractivity contribution in [2.45, 2.75) is 0 Å². The molecule has 0 saturated carbocycles. The van der Waals surface area contributed by atoms with Gasteiger partial charge in [-0.3, -0.25) is 0 Å². The number of hydrogen-bond donors (Lipinski definition) is 0. The van der Waals surface area contributed by atoms with E-state index in [4.69, 9.17) is 0 Å². The fraction of sp³-hybridized carbons (Fsp3) is 0. The average molecular weight is 756 g/mol. The van der Waals surface area contributed by atoms with E-state index in [1.54, 1.807) is 0 Å². The van der Waals surface area contributed by atoms with Crippen molar-refractivity contribution in [2.24, 2.45) is 0 Å². The molecule has 5 aromatic carbocycles. The lowest BCUT2D eigenvalue weighted by molar-refractivity contribution is 1.70. The molecule has 0 heterocycles. The van der Waals surface area contributed by atoms with E-state index < -0.39 is 0 Å².